The Kier molecular flexibility index (Phi) is 4.30. The first-order valence-electron chi connectivity index (χ1n) is 6.95. The molecule has 0 bridgehead atoms. The molecule has 0 saturated carbocycles. The summed E-state index contributed by atoms with van der Waals surface area (Å²) < 4.78 is 3.15. The van der Waals surface area contributed by atoms with E-state index in [9.17, 15) is 9.59 Å². The van der Waals surface area contributed by atoms with Gasteiger partial charge in [-0.25, -0.2) is 4.79 Å². The van der Waals surface area contributed by atoms with E-state index in [4.69, 9.17) is 5.11 Å². The van der Waals surface area contributed by atoms with Gasteiger partial charge >= 0.3 is 5.97 Å². The Morgan fingerprint density at radius 3 is 2.68 bits per heavy atom. The number of carboxylic acid groups (broad SMARTS) is 1. The molecule has 0 radical (unpaired) electrons. The summed E-state index contributed by atoms with van der Waals surface area (Å²) in [6.07, 6.45) is 3.11. The van der Waals surface area contributed by atoms with Crippen LogP contribution in [0.1, 0.15) is 52.0 Å². The molecule has 2 aromatic heterocycles. The molecule has 1 unspecified atom stereocenters. The van der Waals surface area contributed by atoms with E-state index in [-0.39, 0.29) is 17.3 Å². The molecule has 1 atom stereocenters. The maximum absolute atomic E-state index is 12.3. The molecule has 0 aliphatic rings. The lowest BCUT2D eigenvalue weighted by Gasteiger charge is -2.13. The van der Waals surface area contributed by atoms with Crippen LogP contribution in [0.15, 0.2) is 12.4 Å². The summed E-state index contributed by atoms with van der Waals surface area (Å²) in [5, 5.41) is 19.9. The topological polar surface area (TPSA) is 102 Å². The summed E-state index contributed by atoms with van der Waals surface area (Å²) in [4.78, 5) is 23.4. The molecule has 8 nitrogen and oxygen atoms in total. The van der Waals surface area contributed by atoms with Gasteiger partial charge in [-0.1, -0.05) is 0 Å². The van der Waals surface area contributed by atoms with Gasteiger partial charge in [0.25, 0.3) is 5.91 Å². The molecule has 8 heteroatoms. The quantitative estimate of drug-likeness (QED) is 0.862. The molecule has 0 aromatic carbocycles. The highest BCUT2D eigenvalue weighted by Gasteiger charge is 2.23. The van der Waals surface area contributed by atoms with E-state index in [1.807, 2.05) is 25.5 Å². The number of nitrogens with zero attached hydrogens (tertiary/aromatic N) is 4. The predicted octanol–water partition coefficient (Wildman–Crippen LogP) is 1.13. The third-order valence-electron chi connectivity index (χ3n) is 3.53. The summed E-state index contributed by atoms with van der Waals surface area (Å²) in [5.74, 6) is -1.70. The third-order valence-corrected chi connectivity index (χ3v) is 3.53. The monoisotopic (exact) mass is 305 g/mol. The number of aromatic nitrogens is 4. The van der Waals surface area contributed by atoms with Crippen LogP contribution in [-0.2, 0) is 13.6 Å². The maximum atomic E-state index is 12.3. The van der Waals surface area contributed by atoms with Gasteiger partial charge in [0.2, 0.25) is 0 Å². The van der Waals surface area contributed by atoms with E-state index >= 15 is 0 Å². The van der Waals surface area contributed by atoms with E-state index in [1.54, 1.807) is 13.2 Å². The first-order valence-corrected chi connectivity index (χ1v) is 6.95. The fraction of sp³-hybridized carbons (Fsp3) is 0.429. The number of amides is 1. The van der Waals surface area contributed by atoms with E-state index in [0.29, 0.717) is 0 Å². The molecule has 2 heterocycles. The lowest BCUT2D eigenvalue weighted by atomic mass is 10.1. The van der Waals surface area contributed by atoms with Crippen LogP contribution in [0, 0.1) is 6.92 Å². The van der Waals surface area contributed by atoms with Crippen molar-refractivity contribution in [1.29, 1.82) is 0 Å². The van der Waals surface area contributed by atoms with Crippen LogP contribution in [0.25, 0.3) is 0 Å². The Bertz CT molecular complexity index is 716. The normalized spacial score (nSPS) is 12.2. The number of hydrogen-bond acceptors (Lipinski definition) is 4. The average Bonchev–Trinajstić information content (AvgIpc) is 3.01. The van der Waals surface area contributed by atoms with Crippen molar-refractivity contribution in [2.24, 2.45) is 7.05 Å². The number of aromatic carboxylic acids is 1. The molecule has 0 spiro atoms. The minimum absolute atomic E-state index is 0.0439. The number of aryl methyl sites for hydroxylation is 2. The molecule has 1 amide bonds. The number of nitrogens with one attached hydrogen (secondary N) is 1. The standard InChI is InChI=1S/C14H19N5O3/c1-5-19-9(3)10(6-15-19)8(2)16-13(20)11-7-18(4)17-12(11)14(21)22/h6-8H,5H2,1-4H3,(H,16,20)(H,21,22). The summed E-state index contributed by atoms with van der Waals surface area (Å²) >= 11 is 0. The Balaban J connectivity index is 2.21. The van der Waals surface area contributed by atoms with Gasteiger partial charge in [-0.3, -0.25) is 14.2 Å². The predicted molar refractivity (Wildman–Crippen MR) is 78.7 cm³/mol. The second-order valence-electron chi connectivity index (χ2n) is 5.07. The van der Waals surface area contributed by atoms with Gasteiger partial charge in [-0.15, -0.1) is 0 Å². The van der Waals surface area contributed by atoms with E-state index < -0.39 is 11.9 Å². The van der Waals surface area contributed by atoms with Gasteiger partial charge in [-0.2, -0.15) is 10.2 Å². The van der Waals surface area contributed by atoms with Crippen molar-refractivity contribution in [2.45, 2.75) is 33.4 Å². The number of carbonyl (C=O) groups excluding carboxylic acids is 1. The fourth-order valence-corrected chi connectivity index (χ4v) is 2.37. The largest absolute Gasteiger partial charge is 0.476 e. The van der Waals surface area contributed by atoms with Crippen molar-refractivity contribution in [3.05, 3.63) is 34.9 Å². The van der Waals surface area contributed by atoms with Crippen molar-refractivity contribution in [2.75, 3.05) is 0 Å². The summed E-state index contributed by atoms with van der Waals surface area (Å²) in [5.41, 5.74) is 1.66. The Morgan fingerprint density at radius 1 is 1.45 bits per heavy atom. The molecular weight excluding hydrogens is 286 g/mol. The maximum Gasteiger partial charge on any atom is 0.357 e. The molecule has 118 valence electrons. The summed E-state index contributed by atoms with van der Waals surface area (Å²) in [6, 6.07) is -0.283. The van der Waals surface area contributed by atoms with Gasteiger partial charge in [-0.05, 0) is 20.8 Å². The van der Waals surface area contributed by atoms with Crippen LogP contribution in [0.2, 0.25) is 0 Å². The zero-order valence-electron chi connectivity index (χ0n) is 13.0. The Morgan fingerprint density at radius 2 is 2.14 bits per heavy atom. The molecule has 0 aliphatic carbocycles. The molecule has 2 aromatic rings. The molecule has 22 heavy (non-hydrogen) atoms. The van der Waals surface area contributed by atoms with Crippen LogP contribution in [0.3, 0.4) is 0 Å². The van der Waals surface area contributed by atoms with Crippen molar-refractivity contribution in [3.8, 4) is 0 Å². The van der Waals surface area contributed by atoms with Crippen LogP contribution in [-0.4, -0.2) is 36.5 Å². The van der Waals surface area contributed by atoms with Crippen LogP contribution in [0.4, 0.5) is 0 Å². The van der Waals surface area contributed by atoms with Crippen LogP contribution >= 0.6 is 0 Å². The van der Waals surface area contributed by atoms with Crippen molar-refractivity contribution < 1.29 is 14.7 Å². The molecule has 0 saturated heterocycles. The second kappa shape index (κ2) is 6.00. The third kappa shape index (κ3) is 2.85. The van der Waals surface area contributed by atoms with Gasteiger partial charge in [0.1, 0.15) is 0 Å². The number of carbonyl (C=O) groups is 2. The summed E-state index contributed by atoms with van der Waals surface area (Å²) in [7, 11) is 1.57. The van der Waals surface area contributed by atoms with Gasteiger partial charge < -0.3 is 10.4 Å². The summed E-state index contributed by atoms with van der Waals surface area (Å²) in [6.45, 7) is 6.50. The first kappa shape index (κ1) is 15.7. The lowest BCUT2D eigenvalue weighted by molar-refractivity contribution is 0.0683. The number of hydrogen-bond donors (Lipinski definition) is 2. The first-order chi connectivity index (χ1) is 10.3. The highest BCUT2D eigenvalue weighted by molar-refractivity contribution is 6.03. The SMILES string of the molecule is CCn1ncc(C(C)NC(=O)c2cn(C)nc2C(=O)O)c1C. The lowest BCUT2D eigenvalue weighted by Crippen LogP contribution is -2.28. The minimum Gasteiger partial charge on any atom is -0.476 e. The van der Waals surface area contributed by atoms with Gasteiger partial charge in [0.15, 0.2) is 5.69 Å². The molecule has 0 aliphatic heterocycles. The molecule has 0 fully saturated rings. The average molecular weight is 305 g/mol. The number of carboxylic acids is 1. The van der Waals surface area contributed by atoms with Crippen LogP contribution < -0.4 is 5.32 Å². The Hall–Kier alpha value is -2.64. The van der Waals surface area contributed by atoms with Gasteiger partial charge in [0, 0.05) is 31.0 Å². The second-order valence-corrected chi connectivity index (χ2v) is 5.07. The van der Waals surface area contributed by atoms with Crippen LogP contribution in [0.5, 0.6) is 0 Å². The van der Waals surface area contributed by atoms with E-state index in [2.05, 4.69) is 15.5 Å². The minimum atomic E-state index is -1.23. The van der Waals surface area contributed by atoms with E-state index in [0.717, 1.165) is 17.8 Å². The molecule has 2 N–H and O–H groups in total. The Labute approximate surface area is 127 Å². The highest BCUT2D eigenvalue weighted by Crippen LogP contribution is 2.18. The van der Waals surface area contributed by atoms with Gasteiger partial charge in [0.05, 0.1) is 17.8 Å². The van der Waals surface area contributed by atoms with Crippen molar-refractivity contribution in [1.82, 2.24) is 24.9 Å². The molecule has 2 rings (SSSR count). The highest BCUT2D eigenvalue weighted by atomic mass is 16.4. The zero-order valence-corrected chi connectivity index (χ0v) is 13.0. The van der Waals surface area contributed by atoms with Crippen molar-refractivity contribution >= 4 is 11.9 Å². The zero-order chi connectivity index (χ0) is 16.4. The fourth-order valence-electron chi connectivity index (χ4n) is 2.37. The smallest absolute Gasteiger partial charge is 0.357 e. The molecular formula is C14H19N5O3. The van der Waals surface area contributed by atoms with Crippen molar-refractivity contribution in [3.63, 3.8) is 0 Å². The number of rotatable bonds is 5. The van der Waals surface area contributed by atoms with E-state index in [1.165, 1.54) is 10.9 Å².